The molecule has 0 unspecified atom stereocenters. The number of nitrogens with zero attached hydrogens (tertiary/aromatic N) is 2. The standard InChI is InChI=1S/C14H17N3O2/c1-11-16-14(19-17-11)10-13(18)15-9-5-8-12-6-3-2-4-7-12/h2-4,6-7H,5,8-10H2,1H3,(H,15,18). The van der Waals surface area contributed by atoms with E-state index in [4.69, 9.17) is 4.52 Å². The summed E-state index contributed by atoms with van der Waals surface area (Å²) < 4.78 is 4.89. The number of carbonyl (C=O) groups is 1. The Bertz CT molecular complexity index is 522. The SMILES string of the molecule is Cc1noc(CC(=O)NCCCc2ccccc2)n1. The van der Waals surface area contributed by atoms with Gasteiger partial charge < -0.3 is 9.84 Å². The second-order valence-electron chi connectivity index (χ2n) is 4.35. The molecule has 1 N–H and O–H groups in total. The van der Waals surface area contributed by atoms with Crippen LogP contribution in [0, 0.1) is 6.92 Å². The molecular formula is C14H17N3O2. The van der Waals surface area contributed by atoms with E-state index in [2.05, 4.69) is 27.6 Å². The number of aromatic nitrogens is 2. The lowest BCUT2D eigenvalue weighted by Crippen LogP contribution is -2.26. The molecule has 0 aliphatic heterocycles. The molecule has 1 aromatic carbocycles. The van der Waals surface area contributed by atoms with Gasteiger partial charge in [-0.2, -0.15) is 4.98 Å². The Morgan fingerprint density at radius 3 is 2.79 bits per heavy atom. The molecule has 0 atom stereocenters. The lowest BCUT2D eigenvalue weighted by atomic mass is 10.1. The second kappa shape index (κ2) is 6.68. The molecule has 0 saturated carbocycles. The summed E-state index contributed by atoms with van der Waals surface area (Å²) in [5.74, 6) is 0.821. The van der Waals surface area contributed by atoms with Crippen LogP contribution in [0.1, 0.15) is 23.7 Å². The lowest BCUT2D eigenvalue weighted by molar-refractivity contribution is -0.120. The highest BCUT2D eigenvalue weighted by molar-refractivity contribution is 5.77. The van der Waals surface area contributed by atoms with Crippen molar-refractivity contribution in [3.8, 4) is 0 Å². The van der Waals surface area contributed by atoms with E-state index in [1.807, 2.05) is 18.2 Å². The van der Waals surface area contributed by atoms with Crippen LogP contribution in [0.2, 0.25) is 0 Å². The number of amides is 1. The van der Waals surface area contributed by atoms with Crippen LogP contribution in [0.5, 0.6) is 0 Å². The number of rotatable bonds is 6. The summed E-state index contributed by atoms with van der Waals surface area (Å²) in [5, 5.41) is 6.48. The van der Waals surface area contributed by atoms with Crippen molar-refractivity contribution in [1.29, 1.82) is 0 Å². The first-order valence-electron chi connectivity index (χ1n) is 6.34. The van der Waals surface area contributed by atoms with E-state index in [0.29, 0.717) is 18.3 Å². The van der Waals surface area contributed by atoms with Crippen LogP contribution in [0.4, 0.5) is 0 Å². The molecule has 100 valence electrons. The van der Waals surface area contributed by atoms with Gasteiger partial charge in [0.2, 0.25) is 11.8 Å². The predicted molar refractivity (Wildman–Crippen MR) is 70.5 cm³/mol. The van der Waals surface area contributed by atoms with Crippen LogP contribution in [0.3, 0.4) is 0 Å². The molecule has 0 aliphatic rings. The van der Waals surface area contributed by atoms with Crippen molar-refractivity contribution in [3.05, 3.63) is 47.6 Å². The molecule has 0 spiro atoms. The monoisotopic (exact) mass is 259 g/mol. The molecule has 0 fully saturated rings. The summed E-state index contributed by atoms with van der Waals surface area (Å²) in [6.07, 6.45) is 2.02. The normalized spacial score (nSPS) is 10.4. The lowest BCUT2D eigenvalue weighted by Gasteiger charge is -2.03. The number of hydrogen-bond donors (Lipinski definition) is 1. The molecular weight excluding hydrogens is 242 g/mol. The Morgan fingerprint density at radius 1 is 1.32 bits per heavy atom. The molecule has 2 rings (SSSR count). The van der Waals surface area contributed by atoms with Gasteiger partial charge in [-0.15, -0.1) is 0 Å². The average Bonchev–Trinajstić information content (AvgIpc) is 2.81. The zero-order valence-corrected chi connectivity index (χ0v) is 10.9. The Morgan fingerprint density at radius 2 is 2.11 bits per heavy atom. The number of benzene rings is 1. The molecule has 0 bridgehead atoms. The zero-order valence-electron chi connectivity index (χ0n) is 10.9. The van der Waals surface area contributed by atoms with Gasteiger partial charge >= 0.3 is 0 Å². The molecule has 5 nitrogen and oxygen atoms in total. The van der Waals surface area contributed by atoms with Crippen molar-refractivity contribution in [1.82, 2.24) is 15.5 Å². The van der Waals surface area contributed by atoms with Crippen LogP contribution in [0.25, 0.3) is 0 Å². The van der Waals surface area contributed by atoms with Crippen molar-refractivity contribution in [2.24, 2.45) is 0 Å². The number of carbonyl (C=O) groups excluding carboxylic acids is 1. The minimum Gasteiger partial charge on any atom is -0.356 e. The molecule has 2 aromatic rings. The maximum absolute atomic E-state index is 11.6. The van der Waals surface area contributed by atoms with Gasteiger partial charge in [0.1, 0.15) is 6.42 Å². The summed E-state index contributed by atoms with van der Waals surface area (Å²) in [7, 11) is 0. The maximum atomic E-state index is 11.6. The van der Waals surface area contributed by atoms with Gasteiger partial charge in [-0.1, -0.05) is 35.5 Å². The van der Waals surface area contributed by atoms with Crippen molar-refractivity contribution in [3.63, 3.8) is 0 Å². The molecule has 1 amide bonds. The molecule has 0 aliphatic carbocycles. The van der Waals surface area contributed by atoms with Crippen molar-refractivity contribution in [2.45, 2.75) is 26.2 Å². The van der Waals surface area contributed by atoms with Crippen molar-refractivity contribution in [2.75, 3.05) is 6.54 Å². The van der Waals surface area contributed by atoms with E-state index >= 15 is 0 Å². The summed E-state index contributed by atoms with van der Waals surface area (Å²) in [6.45, 7) is 2.38. The fourth-order valence-electron chi connectivity index (χ4n) is 1.78. The van der Waals surface area contributed by atoms with E-state index in [0.717, 1.165) is 12.8 Å². The minimum absolute atomic E-state index is 0.0864. The second-order valence-corrected chi connectivity index (χ2v) is 4.35. The van der Waals surface area contributed by atoms with E-state index in [-0.39, 0.29) is 12.3 Å². The molecule has 0 saturated heterocycles. The Balaban J connectivity index is 1.64. The van der Waals surface area contributed by atoms with E-state index in [1.54, 1.807) is 6.92 Å². The van der Waals surface area contributed by atoms with E-state index in [1.165, 1.54) is 5.56 Å². The molecule has 1 heterocycles. The fourth-order valence-corrected chi connectivity index (χ4v) is 1.78. The number of aryl methyl sites for hydroxylation is 2. The van der Waals surface area contributed by atoms with Gasteiger partial charge in [0.05, 0.1) is 0 Å². The molecule has 19 heavy (non-hydrogen) atoms. The fraction of sp³-hybridized carbons (Fsp3) is 0.357. The highest BCUT2D eigenvalue weighted by Crippen LogP contribution is 2.01. The van der Waals surface area contributed by atoms with Crippen molar-refractivity contribution < 1.29 is 9.32 Å². The summed E-state index contributed by atoms with van der Waals surface area (Å²) in [6, 6.07) is 10.2. The quantitative estimate of drug-likeness (QED) is 0.801. The maximum Gasteiger partial charge on any atom is 0.236 e. The number of nitrogens with one attached hydrogen (secondary N) is 1. The van der Waals surface area contributed by atoms with Crippen LogP contribution in [-0.4, -0.2) is 22.6 Å². The van der Waals surface area contributed by atoms with E-state index < -0.39 is 0 Å². The van der Waals surface area contributed by atoms with Gasteiger partial charge in [0.15, 0.2) is 5.82 Å². The van der Waals surface area contributed by atoms with Crippen LogP contribution >= 0.6 is 0 Å². The Kier molecular flexibility index (Phi) is 4.66. The predicted octanol–water partition coefficient (Wildman–Crippen LogP) is 1.67. The van der Waals surface area contributed by atoms with Gasteiger partial charge in [-0.05, 0) is 25.3 Å². The third-order valence-electron chi connectivity index (χ3n) is 2.69. The first-order chi connectivity index (χ1) is 9.24. The smallest absolute Gasteiger partial charge is 0.236 e. The van der Waals surface area contributed by atoms with Crippen LogP contribution < -0.4 is 5.32 Å². The van der Waals surface area contributed by atoms with Gasteiger partial charge in [-0.3, -0.25) is 4.79 Å². The largest absolute Gasteiger partial charge is 0.356 e. The average molecular weight is 259 g/mol. The van der Waals surface area contributed by atoms with Gasteiger partial charge in [0.25, 0.3) is 0 Å². The van der Waals surface area contributed by atoms with Crippen LogP contribution in [-0.2, 0) is 17.6 Å². The molecule has 0 radical (unpaired) electrons. The highest BCUT2D eigenvalue weighted by Gasteiger charge is 2.08. The molecule has 5 heteroatoms. The van der Waals surface area contributed by atoms with Gasteiger partial charge in [-0.25, -0.2) is 0 Å². The summed E-state index contributed by atoms with van der Waals surface area (Å²) in [4.78, 5) is 15.6. The minimum atomic E-state index is -0.0864. The first-order valence-corrected chi connectivity index (χ1v) is 6.34. The first kappa shape index (κ1) is 13.3. The van der Waals surface area contributed by atoms with E-state index in [9.17, 15) is 4.79 Å². The summed E-state index contributed by atoms with van der Waals surface area (Å²) in [5.41, 5.74) is 1.28. The number of hydrogen-bond acceptors (Lipinski definition) is 4. The molecule has 1 aromatic heterocycles. The Hall–Kier alpha value is -2.17. The van der Waals surface area contributed by atoms with Gasteiger partial charge in [0, 0.05) is 6.54 Å². The topological polar surface area (TPSA) is 68.0 Å². The Labute approximate surface area is 112 Å². The van der Waals surface area contributed by atoms with Crippen molar-refractivity contribution >= 4 is 5.91 Å². The highest BCUT2D eigenvalue weighted by atomic mass is 16.5. The third kappa shape index (κ3) is 4.54. The zero-order chi connectivity index (χ0) is 13.5. The van der Waals surface area contributed by atoms with Crippen LogP contribution in [0.15, 0.2) is 34.9 Å². The third-order valence-corrected chi connectivity index (χ3v) is 2.69. The summed E-state index contributed by atoms with van der Waals surface area (Å²) >= 11 is 0.